The average Bonchev–Trinajstić information content (AvgIpc) is 3.02. The Bertz CT molecular complexity index is 1040. The predicted octanol–water partition coefficient (Wildman–Crippen LogP) is 2.16. The third-order valence-electron chi connectivity index (χ3n) is 3.47. The normalized spacial score (nSPS) is 11.5. The zero-order valence-electron chi connectivity index (χ0n) is 12.3. The van der Waals surface area contributed by atoms with Gasteiger partial charge in [-0.1, -0.05) is 35.6 Å². The molecule has 0 atom stereocenters. The molecule has 2 heterocycles. The fraction of sp³-hybridized carbons (Fsp3) is 0. The third kappa shape index (κ3) is 2.48. The molecule has 0 radical (unpaired) electrons. The Kier molecular flexibility index (Phi) is 3.43. The third-order valence-corrected chi connectivity index (χ3v) is 4.41. The van der Waals surface area contributed by atoms with Crippen molar-refractivity contribution in [3.8, 4) is 0 Å². The molecule has 4 aromatic rings. The molecule has 2 aromatic carbocycles. The van der Waals surface area contributed by atoms with E-state index < -0.39 is 0 Å². The summed E-state index contributed by atoms with van der Waals surface area (Å²) in [5.41, 5.74) is 4.40. The van der Waals surface area contributed by atoms with Crippen molar-refractivity contribution < 1.29 is 9.46 Å². The van der Waals surface area contributed by atoms with Crippen molar-refractivity contribution in [1.82, 2.24) is 4.98 Å². The van der Waals surface area contributed by atoms with Crippen molar-refractivity contribution in [1.29, 1.82) is 0 Å². The maximum Gasteiger partial charge on any atom is 0.302 e. The van der Waals surface area contributed by atoms with Gasteiger partial charge in [-0.3, -0.25) is 5.43 Å². The molecule has 0 saturated carbocycles. The van der Waals surface area contributed by atoms with E-state index in [-0.39, 0.29) is 11.2 Å². The molecule has 0 aliphatic heterocycles. The predicted molar refractivity (Wildman–Crippen MR) is 92.7 cm³/mol. The lowest BCUT2D eigenvalue weighted by molar-refractivity contribution is -0.629. The van der Waals surface area contributed by atoms with E-state index in [9.17, 15) is 10.4 Å². The summed E-state index contributed by atoms with van der Waals surface area (Å²) in [4.78, 5) is 4.38. The first-order valence-electron chi connectivity index (χ1n) is 7.11. The minimum absolute atomic E-state index is 0.136. The van der Waals surface area contributed by atoms with Crippen molar-refractivity contribution in [2.24, 2.45) is 5.10 Å². The minimum Gasteiger partial charge on any atom is -0.618 e. The van der Waals surface area contributed by atoms with Crippen LogP contribution in [0, 0.1) is 10.4 Å². The van der Waals surface area contributed by atoms with Crippen LogP contribution in [0.1, 0.15) is 5.69 Å². The van der Waals surface area contributed by atoms with Gasteiger partial charge in [-0.25, -0.2) is 4.98 Å². The largest absolute Gasteiger partial charge is 0.618 e. The molecule has 0 saturated heterocycles. The van der Waals surface area contributed by atoms with Crippen molar-refractivity contribution in [2.45, 2.75) is 0 Å². The van der Waals surface area contributed by atoms with E-state index in [1.807, 2.05) is 24.3 Å². The number of thiazole rings is 1. The smallest absolute Gasteiger partial charge is 0.302 e. The quantitative estimate of drug-likeness (QED) is 0.268. The van der Waals surface area contributed by atoms with E-state index in [2.05, 4.69) is 15.5 Å². The van der Waals surface area contributed by atoms with Gasteiger partial charge in [-0.2, -0.15) is 14.6 Å². The number of nitrogens with one attached hydrogen (secondary N) is 1. The number of aromatic nitrogens is 3. The highest BCUT2D eigenvalue weighted by atomic mass is 32.1. The number of hydrogen-bond acceptors (Lipinski definition) is 6. The second-order valence-electron chi connectivity index (χ2n) is 5.02. The van der Waals surface area contributed by atoms with Crippen molar-refractivity contribution in [3.05, 3.63) is 70.8 Å². The molecule has 1 N–H and O–H groups in total. The highest BCUT2D eigenvalue weighted by molar-refractivity contribution is 7.22. The van der Waals surface area contributed by atoms with Crippen LogP contribution in [0.2, 0.25) is 0 Å². The maximum absolute atomic E-state index is 12.3. The van der Waals surface area contributed by atoms with Gasteiger partial charge in [0.25, 0.3) is 17.2 Å². The summed E-state index contributed by atoms with van der Waals surface area (Å²) in [6, 6.07) is 14.3. The molecule has 0 aliphatic rings. The van der Waals surface area contributed by atoms with E-state index in [1.54, 1.807) is 24.3 Å². The first-order chi connectivity index (χ1) is 11.7. The van der Waals surface area contributed by atoms with Gasteiger partial charge in [0.2, 0.25) is 5.13 Å². The molecule has 8 heteroatoms. The minimum atomic E-state index is 0.136. The molecule has 0 unspecified atom stereocenters. The van der Waals surface area contributed by atoms with Crippen LogP contribution in [0.15, 0.2) is 59.8 Å². The molecule has 118 valence electrons. The Hall–Kier alpha value is -3.26. The number of hydrazone groups is 1. The van der Waals surface area contributed by atoms with Crippen molar-refractivity contribution in [2.75, 3.05) is 5.43 Å². The summed E-state index contributed by atoms with van der Waals surface area (Å²) in [7, 11) is 0. The van der Waals surface area contributed by atoms with E-state index in [4.69, 9.17) is 0 Å². The molecule has 0 aliphatic carbocycles. The molecule has 0 fully saturated rings. The van der Waals surface area contributed by atoms with Crippen LogP contribution in [-0.4, -0.2) is 11.2 Å². The first kappa shape index (κ1) is 14.3. The Balaban J connectivity index is 1.64. The zero-order valence-corrected chi connectivity index (χ0v) is 13.1. The second-order valence-corrected chi connectivity index (χ2v) is 6.05. The maximum atomic E-state index is 12.3. The lowest BCUT2D eigenvalue weighted by Gasteiger charge is -2.05. The molecule has 0 bridgehead atoms. The number of fused-ring (bicyclic) bond motifs is 2. The van der Waals surface area contributed by atoms with Gasteiger partial charge in [-0.05, 0) is 12.1 Å². The highest BCUT2D eigenvalue weighted by Gasteiger charge is 2.17. The molecular weight excluding hydrogens is 326 g/mol. The Morgan fingerprint density at radius 2 is 1.79 bits per heavy atom. The Labute approximate surface area is 140 Å². The highest BCUT2D eigenvalue weighted by Crippen LogP contribution is 2.25. The monoisotopic (exact) mass is 337 g/mol. The van der Waals surface area contributed by atoms with Gasteiger partial charge >= 0.3 is 5.69 Å². The summed E-state index contributed by atoms with van der Waals surface area (Å²) >= 11 is 1.45. The van der Waals surface area contributed by atoms with Crippen LogP contribution < -0.4 is 14.9 Å². The standard InChI is InChI=1S/C16H11N5O2S/c22-20-10-11(21(23)14-7-3-2-6-13(14)20)9-17-19-16-18-12-5-1-4-8-15(12)24-16/h1-10H,(H,18,19)/b17-9+. The SMILES string of the molecule is [O-][n+]1cc(/C=N/Nc2nc3ccccc3s2)[n+]([O-])c2ccccc21. The van der Waals surface area contributed by atoms with Crippen molar-refractivity contribution >= 4 is 43.9 Å². The summed E-state index contributed by atoms with van der Waals surface area (Å²) in [5, 5.41) is 28.9. The number of anilines is 1. The summed E-state index contributed by atoms with van der Waals surface area (Å²) < 4.78 is 2.37. The van der Waals surface area contributed by atoms with Gasteiger partial charge in [0, 0.05) is 12.1 Å². The fourth-order valence-electron chi connectivity index (χ4n) is 2.36. The van der Waals surface area contributed by atoms with Gasteiger partial charge in [0.05, 0.1) is 10.2 Å². The molecule has 0 amide bonds. The number of benzene rings is 2. The first-order valence-corrected chi connectivity index (χ1v) is 7.93. The van der Waals surface area contributed by atoms with E-state index in [0.29, 0.717) is 20.1 Å². The number of rotatable bonds is 3. The molecule has 24 heavy (non-hydrogen) atoms. The van der Waals surface area contributed by atoms with Crippen LogP contribution >= 0.6 is 11.3 Å². The second kappa shape index (κ2) is 5.74. The van der Waals surface area contributed by atoms with Crippen LogP contribution in [-0.2, 0) is 0 Å². The average molecular weight is 337 g/mol. The lowest BCUT2D eigenvalue weighted by Crippen LogP contribution is -2.41. The van der Waals surface area contributed by atoms with Crippen LogP contribution in [0.25, 0.3) is 21.3 Å². The Morgan fingerprint density at radius 3 is 2.62 bits per heavy atom. The summed E-state index contributed by atoms with van der Waals surface area (Å²) in [6.07, 6.45) is 2.50. The van der Waals surface area contributed by atoms with Gasteiger partial charge in [0.1, 0.15) is 6.21 Å². The number of para-hydroxylation sites is 3. The summed E-state index contributed by atoms with van der Waals surface area (Å²) in [6.45, 7) is 0. The van der Waals surface area contributed by atoms with Gasteiger partial charge in [0.15, 0.2) is 0 Å². The summed E-state index contributed by atoms with van der Waals surface area (Å²) in [5.74, 6) is 0. The zero-order chi connectivity index (χ0) is 16.5. The molecule has 0 spiro atoms. The van der Waals surface area contributed by atoms with E-state index in [1.165, 1.54) is 23.7 Å². The van der Waals surface area contributed by atoms with E-state index in [0.717, 1.165) is 10.2 Å². The molecule has 7 nitrogen and oxygen atoms in total. The molecular formula is C16H11N5O2S. The molecule has 2 aromatic heterocycles. The van der Waals surface area contributed by atoms with Crippen LogP contribution in [0.5, 0.6) is 0 Å². The number of nitrogens with zero attached hydrogens (tertiary/aromatic N) is 4. The Morgan fingerprint density at radius 1 is 1.04 bits per heavy atom. The molecule has 4 rings (SSSR count). The van der Waals surface area contributed by atoms with Gasteiger partial charge < -0.3 is 10.4 Å². The van der Waals surface area contributed by atoms with Crippen LogP contribution in [0.3, 0.4) is 0 Å². The lowest BCUT2D eigenvalue weighted by atomic mass is 10.3. The van der Waals surface area contributed by atoms with Crippen LogP contribution in [0.4, 0.5) is 5.13 Å². The topological polar surface area (TPSA) is 91.2 Å². The van der Waals surface area contributed by atoms with Crippen molar-refractivity contribution in [3.63, 3.8) is 0 Å². The van der Waals surface area contributed by atoms with E-state index >= 15 is 0 Å². The van der Waals surface area contributed by atoms with Gasteiger partial charge in [-0.15, -0.1) is 0 Å². The number of hydrogen-bond donors (Lipinski definition) is 1. The fourth-order valence-corrected chi connectivity index (χ4v) is 3.18.